The van der Waals surface area contributed by atoms with E-state index in [9.17, 15) is 9.59 Å². The molecule has 0 spiro atoms. The maximum Gasteiger partial charge on any atom is 0.305 e. The highest BCUT2D eigenvalue weighted by molar-refractivity contribution is 8.15. The molecule has 2 heterocycles. The molecule has 1 aromatic heterocycles. The van der Waals surface area contributed by atoms with Crippen molar-refractivity contribution in [3.8, 4) is 0 Å². The van der Waals surface area contributed by atoms with Crippen molar-refractivity contribution in [1.29, 1.82) is 0 Å². The number of nitrogens with one attached hydrogen (secondary N) is 1. The second kappa shape index (κ2) is 5.78. The van der Waals surface area contributed by atoms with E-state index in [1.165, 1.54) is 11.3 Å². The number of hydrogen-bond donors (Lipinski definition) is 2. The number of thioether (sulfide) groups is 1. The maximum atomic E-state index is 11.4. The number of carbonyl (C=O) groups excluding carboxylic acids is 1. The normalized spacial score (nSPS) is 21.7. The van der Waals surface area contributed by atoms with Gasteiger partial charge in [-0.25, -0.2) is 0 Å². The molecule has 94 valence electrons. The summed E-state index contributed by atoms with van der Waals surface area (Å²) >= 11 is 2.61. The van der Waals surface area contributed by atoms with E-state index in [4.69, 9.17) is 5.11 Å². The van der Waals surface area contributed by atoms with E-state index < -0.39 is 11.2 Å². The van der Waals surface area contributed by atoms with Crippen LogP contribution in [0.4, 0.5) is 0 Å². The first kappa shape index (κ1) is 12.8. The topological polar surface area (TPSA) is 91.1 Å². The first-order chi connectivity index (χ1) is 8.65. The Morgan fingerprint density at radius 1 is 1.61 bits per heavy atom. The molecule has 1 unspecified atom stereocenters. The number of carboxylic acids is 1. The fraction of sp³-hybridized carbons (Fsp3) is 0.200. The van der Waals surface area contributed by atoms with E-state index >= 15 is 0 Å². The van der Waals surface area contributed by atoms with E-state index in [-0.39, 0.29) is 12.3 Å². The van der Waals surface area contributed by atoms with Gasteiger partial charge in [-0.15, -0.1) is 16.4 Å². The van der Waals surface area contributed by atoms with Crippen LogP contribution < -0.4 is 5.32 Å². The molecule has 1 aromatic rings. The smallest absolute Gasteiger partial charge is 0.305 e. The average molecular weight is 283 g/mol. The Morgan fingerprint density at radius 2 is 2.44 bits per heavy atom. The fourth-order valence-electron chi connectivity index (χ4n) is 1.25. The van der Waals surface area contributed by atoms with Gasteiger partial charge in [-0.3, -0.25) is 9.59 Å². The quantitative estimate of drug-likeness (QED) is 0.640. The zero-order chi connectivity index (χ0) is 13.0. The lowest BCUT2D eigenvalue weighted by molar-refractivity contribution is -0.138. The van der Waals surface area contributed by atoms with Crippen LogP contribution in [0.2, 0.25) is 0 Å². The molecule has 1 saturated heterocycles. The molecule has 0 aromatic carbocycles. The van der Waals surface area contributed by atoms with Gasteiger partial charge >= 0.3 is 5.97 Å². The Bertz CT molecular complexity index is 510. The number of aliphatic carboxylic acids is 1. The van der Waals surface area contributed by atoms with Crippen LogP contribution in [0.3, 0.4) is 0 Å². The highest BCUT2D eigenvalue weighted by atomic mass is 32.2. The summed E-state index contributed by atoms with van der Waals surface area (Å²) in [5.41, 5.74) is 0. The van der Waals surface area contributed by atoms with Crippen molar-refractivity contribution in [3.05, 3.63) is 22.4 Å². The first-order valence-electron chi connectivity index (χ1n) is 4.99. The summed E-state index contributed by atoms with van der Waals surface area (Å²) in [6.45, 7) is 0. The highest BCUT2D eigenvalue weighted by Crippen LogP contribution is 2.22. The number of carbonyl (C=O) groups is 2. The van der Waals surface area contributed by atoms with Gasteiger partial charge in [-0.05, 0) is 11.4 Å². The van der Waals surface area contributed by atoms with E-state index in [1.807, 2.05) is 17.5 Å². The SMILES string of the molecule is O=C(O)CC1S/C(=N\N=Cc2cccs2)NC1=O. The van der Waals surface area contributed by atoms with Gasteiger partial charge in [0.2, 0.25) is 5.91 Å². The van der Waals surface area contributed by atoms with Gasteiger partial charge in [-0.1, -0.05) is 17.8 Å². The minimum atomic E-state index is -1.01. The third-order valence-corrected chi connectivity index (χ3v) is 3.89. The third kappa shape index (κ3) is 3.41. The van der Waals surface area contributed by atoms with Crippen LogP contribution in [-0.2, 0) is 9.59 Å². The predicted octanol–water partition coefficient (Wildman–Crippen LogP) is 1.14. The Balaban J connectivity index is 1.95. The standard InChI is InChI=1S/C10H9N3O3S2/c14-8(15)4-7-9(16)12-10(18-7)13-11-5-6-2-1-3-17-6/h1-3,5,7H,4H2,(H,14,15)(H,12,13,16). The number of rotatable bonds is 4. The summed E-state index contributed by atoms with van der Waals surface area (Å²) in [6, 6.07) is 3.79. The van der Waals surface area contributed by atoms with Gasteiger partial charge in [0.1, 0.15) is 5.25 Å². The molecule has 0 radical (unpaired) electrons. The Hall–Kier alpha value is -1.67. The Kier molecular flexibility index (Phi) is 4.11. The van der Waals surface area contributed by atoms with Crippen LogP contribution in [0.15, 0.2) is 27.7 Å². The lowest BCUT2D eigenvalue weighted by Crippen LogP contribution is -2.26. The van der Waals surface area contributed by atoms with Gasteiger partial charge < -0.3 is 10.4 Å². The van der Waals surface area contributed by atoms with Crippen molar-refractivity contribution >= 4 is 46.4 Å². The van der Waals surface area contributed by atoms with E-state index in [0.717, 1.165) is 16.6 Å². The van der Waals surface area contributed by atoms with Crippen LogP contribution in [0.25, 0.3) is 0 Å². The molecule has 0 saturated carbocycles. The summed E-state index contributed by atoms with van der Waals surface area (Å²) in [4.78, 5) is 22.9. The Morgan fingerprint density at radius 3 is 3.11 bits per heavy atom. The van der Waals surface area contributed by atoms with E-state index in [2.05, 4.69) is 15.5 Å². The largest absolute Gasteiger partial charge is 0.481 e. The molecule has 2 rings (SSSR count). The molecular weight excluding hydrogens is 274 g/mol. The molecule has 2 N–H and O–H groups in total. The molecule has 1 amide bonds. The monoisotopic (exact) mass is 283 g/mol. The highest BCUT2D eigenvalue weighted by Gasteiger charge is 2.32. The molecule has 1 fully saturated rings. The van der Waals surface area contributed by atoms with Gasteiger partial charge in [0.15, 0.2) is 5.17 Å². The zero-order valence-electron chi connectivity index (χ0n) is 9.07. The van der Waals surface area contributed by atoms with Crippen molar-refractivity contribution in [3.63, 3.8) is 0 Å². The summed E-state index contributed by atoms with van der Waals surface area (Å²) in [5, 5.41) is 20.4. The lowest BCUT2D eigenvalue weighted by Gasteiger charge is -1.97. The predicted molar refractivity (Wildman–Crippen MR) is 71.1 cm³/mol. The third-order valence-electron chi connectivity index (χ3n) is 2.01. The van der Waals surface area contributed by atoms with Crippen LogP contribution in [-0.4, -0.2) is 33.6 Å². The molecule has 18 heavy (non-hydrogen) atoms. The summed E-state index contributed by atoms with van der Waals surface area (Å²) < 4.78 is 0. The number of nitrogens with zero attached hydrogens (tertiary/aromatic N) is 2. The molecule has 1 aliphatic heterocycles. The van der Waals surface area contributed by atoms with Gasteiger partial charge in [0.05, 0.1) is 12.6 Å². The lowest BCUT2D eigenvalue weighted by atomic mass is 10.3. The average Bonchev–Trinajstić information content (AvgIpc) is 2.90. The van der Waals surface area contributed by atoms with Crippen LogP contribution in [0.5, 0.6) is 0 Å². The van der Waals surface area contributed by atoms with Gasteiger partial charge in [0, 0.05) is 4.88 Å². The second-order valence-corrected chi connectivity index (χ2v) is 5.53. The first-order valence-corrected chi connectivity index (χ1v) is 6.75. The second-order valence-electron chi connectivity index (χ2n) is 3.36. The van der Waals surface area contributed by atoms with Crippen molar-refractivity contribution < 1.29 is 14.7 Å². The molecule has 0 aliphatic carbocycles. The zero-order valence-corrected chi connectivity index (χ0v) is 10.7. The minimum absolute atomic E-state index is 0.218. The summed E-state index contributed by atoms with van der Waals surface area (Å²) in [7, 11) is 0. The Labute approximate surface area is 111 Å². The van der Waals surface area contributed by atoms with Crippen molar-refractivity contribution in [1.82, 2.24) is 5.32 Å². The van der Waals surface area contributed by atoms with Crippen LogP contribution >= 0.6 is 23.1 Å². The van der Waals surface area contributed by atoms with E-state index in [1.54, 1.807) is 6.21 Å². The molecule has 8 heteroatoms. The van der Waals surface area contributed by atoms with Crippen LogP contribution in [0, 0.1) is 0 Å². The van der Waals surface area contributed by atoms with Crippen molar-refractivity contribution in [2.75, 3.05) is 0 Å². The molecule has 6 nitrogen and oxygen atoms in total. The number of hydrogen-bond acceptors (Lipinski definition) is 6. The van der Waals surface area contributed by atoms with Crippen molar-refractivity contribution in [2.24, 2.45) is 10.2 Å². The van der Waals surface area contributed by atoms with Gasteiger partial charge in [0.25, 0.3) is 0 Å². The minimum Gasteiger partial charge on any atom is -0.481 e. The van der Waals surface area contributed by atoms with Crippen molar-refractivity contribution in [2.45, 2.75) is 11.7 Å². The van der Waals surface area contributed by atoms with Gasteiger partial charge in [-0.2, -0.15) is 5.10 Å². The molecular formula is C10H9N3O3S2. The molecule has 1 aliphatic rings. The number of amidine groups is 1. The number of carboxylic acid groups (broad SMARTS) is 1. The van der Waals surface area contributed by atoms with E-state index in [0.29, 0.717) is 5.17 Å². The summed E-state index contributed by atoms with van der Waals surface area (Å²) in [6.07, 6.45) is 1.36. The number of thiophene rings is 1. The number of amides is 1. The summed E-state index contributed by atoms with van der Waals surface area (Å²) in [5.74, 6) is -1.35. The van der Waals surface area contributed by atoms with Crippen LogP contribution in [0.1, 0.15) is 11.3 Å². The molecule has 0 bridgehead atoms. The maximum absolute atomic E-state index is 11.4. The molecule has 1 atom stereocenters. The fourth-order valence-corrected chi connectivity index (χ4v) is 2.74.